The van der Waals surface area contributed by atoms with Gasteiger partial charge < -0.3 is 10.2 Å². The smallest absolute Gasteiger partial charge is 0.270 e. The Balaban J connectivity index is 1.84. The SMILES string of the molecule is N#C/C(=C/Nc1ccc(Cl)cc1Cl)C(=O)N1CCCc2ccccc21. The Labute approximate surface area is 156 Å². The van der Waals surface area contributed by atoms with Gasteiger partial charge in [-0.25, -0.2) is 0 Å². The summed E-state index contributed by atoms with van der Waals surface area (Å²) in [5.41, 5.74) is 2.57. The van der Waals surface area contributed by atoms with Crippen LogP contribution >= 0.6 is 23.2 Å². The summed E-state index contributed by atoms with van der Waals surface area (Å²) in [4.78, 5) is 14.4. The van der Waals surface area contributed by atoms with Crippen molar-refractivity contribution in [1.82, 2.24) is 0 Å². The van der Waals surface area contributed by atoms with Gasteiger partial charge in [-0.3, -0.25) is 4.79 Å². The standard InChI is InChI=1S/C19H15Cl2N3O/c20-15-7-8-17(16(21)10-15)23-12-14(11-22)19(25)24-9-3-5-13-4-1-2-6-18(13)24/h1-2,4,6-8,10,12,23H,3,5,9H2/b14-12-. The van der Waals surface area contributed by atoms with E-state index in [0.29, 0.717) is 22.3 Å². The van der Waals surface area contributed by atoms with Crippen molar-refractivity contribution in [3.8, 4) is 6.07 Å². The fraction of sp³-hybridized carbons (Fsp3) is 0.158. The van der Waals surface area contributed by atoms with Crippen LogP contribution in [0.3, 0.4) is 0 Å². The number of hydrogen-bond donors (Lipinski definition) is 1. The highest BCUT2D eigenvalue weighted by Gasteiger charge is 2.24. The second-order valence-corrected chi connectivity index (χ2v) is 6.47. The number of nitriles is 1. The maximum atomic E-state index is 12.8. The second kappa shape index (κ2) is 7.60. The van der Waals surface area contributed by atoms with Crippen LogP contribution < -0.4 is 10.2 Å². The average molecular weight is 372 g/mol. The Morgan fingerprint density at radius 3 is 2.80 bits per heavy atom. The molecule has 0 fully saturated rings. The Morgan fingerprint density at radius 1 is 1.24 bits per heavy atom. The highest BCUT2D eigenvalue weighted by Crippen LogP contribution is 2.28. The molecule has 1 N–H and O–H groups in total. The molecule has 3 rings (SSSR count). The van der Waals surface area contributed by atoms with Gasteiger partial charge in [-0.1, -0.05) is 41.4 Å². The number of hydrogen-bond acceptors (Lipinski definition) is 3. The monoisotopic (exact) mass is 371 g/mol. The van der Waals surface area contributed by atoms with Gasteiger partial charge in [-0.2, -0.15) is 5.26 Å². The molecule has 0 spiro atoms. The molecule has 1 heterocycles. The molecule has 0 unspecified atom stereocenters. The number of nitrogens with one attached hydrogen (secondary N) is 1. The molecule has 6 heteroatoms. The summed E-state index contributed by atoms with van der Waals surface area (Å²) in [7, 11) is 0. The summed E-state index contributed by atoms with van der Waals surface area (Å²) in [6.07, 6.45) is 3.19. The predicted octanol–water partition coefficient (Wildman–Crippen LogP) is 4.79. The summed E-state index contributed by atoms with van der Waals surface area (Å²) in [5, 5.41) is 13.2. The predicted molar refractivity (Wildman–Crippen MR) is 101 cm³/mol. The average Bonchev–Trinajstić information content (AvgIpc) is 2.63. The summed E-state index contributed by atoms with van der Waals surface area (Å²) in [5.74, 6) is -0.327. The fourth-order valence-electron chi connectivity index (χ4n) is 2.79. The quantitative estimate of drug-likeness (QED) is 0.623. The van der Waals surface area contributed by atoms with Gasteiger partial charge in [-0.15, -0.1) is 0 Å². The highest BCUT2D eigenvalue weighted by atomic mass is 35.5. The zero-order chi connectivity index (χ0) is 17.8. The van der Waals surface area contributed by atoms with Gasteiger partial charge in [0.1, 0.15) is 11.6 Å². The maximum Gasteiger partial charge on any atom is 0.270 e. The first kappa shape index (κ1) is 17.3. The lowest BCUT2D eigenvalue weighted by atomic mass is 10.0. The molecule has 25 heavy (non-hydrogen) atoms. The number of carbonyl (C=O) groups excluding carboxylic acids is 1. The zero-order valence-corrected chi connectivity index (χ0v) is 14.8. The molecule has 0 atom stereocenters. The minimum absolute atomic E-state index is 0.0164. The Bertz CT molecular complexity index is 886. The molecule has 2 aromatic carbocycles. The molecule has 126 valence electrons. The van der Waals surface area contributed by atoms with E-state index in [0.717, 1.165) is 24.1 Å². The van der Waals surface area contributed by atoms with Gasteiger partial charge in [-0.05, 0) is 42.7 Å². The van der Waals surface area contributed by atoms with Crippen LogP contribution in [-0.4, -0.2) is 12.5 Å². The molecule has 0 saturated heterocycles. The lowest BCUT2D eigenvalue weighted by molar-refractivity contribution is -0.114. The number of anilines is 2. The molecule has 1 aliphatic heterocycles. The first-order chi connectivity index (χ1) is 12.1. The molecule has 0 radical (unpaired) electrons. The first-order valence-corrected chi connectivity index (χ1v) is 8.57. The second-order valence-electron chi connectivity index (χ2n) is 5.63. The van der Waals surface area contributed by atoms with E-state index in [9.17, 15) is 10.1 Å². The third-order valence-electron chi connectivity index (χ3n) is 4.01. The largest absolute Gasteiger partial charge is 0.359 e. The van der Waals surface area contributed by atoms with Crippen LogP contribution in [0.25, 0.3) is 0 Å². The number of aryl methyl sites for hydroxylation is 1. The van der Waals surface area contributed by atoms with Gasteiger partial charge in [0.2, 0.25) is 0 Å². The molecule has 1 aliphatic rings. The van der Waals surface area contributed by atoms with Crippen LogP contribution in [0.2, 0.25) is 10.0 Å². The molecule has 4 nitrogen and oxygen atoms in total. The first-order valence-electron chi connectivity index (χ1n) is 7.82. The highest BCUT2D eigenvalue weighted by molar-refractivity contribution is 6.36. The van der Waals surface area contributed by atoms with E-state index in [4.69, 9.17) is 23.2 Å². The van der Waals surface area contributed by atoms with Crippen molar-refractivity contribution in [2.45, 2.75) is 12.8 Å². The normalized spacial score (nSPS) is 13.8. The molecule has 1 amide bonds. The number of fused-ring (bicyclic) bond motifs is 1. The van der Waals surface area contributed by atoms with Crippen LogP contribution in [0.15, 0.2) is 54.2 Å². The summed E-state index contributed by atoms with van der Waals surface area (Å²) >= 11 is 12.0. The minimum atomic E-state index is -0.327. The van der Waals surface area contributed by atoms with Crippen molar-refractivity contribution in [2.75, 3.05) is 16.8 Å². The lowest BCUT2D eigenvalue weighted by Gasteiger charge is -2.29. The Kier molecular flexibility index (Phi) is 5.28. The van der Waals surface area contributed by atoms with Crippen molar-refractivity contribution in [3.63, 3.8) is 0 Å². The number of rotatable bonds is 3. The summed E-state index contributed by atoms with van der Waals surface area (Å²) in [6, 6.07) is 14.7. The molecule has 0 saturated carbocycles. The molecule has 2 aromatic rings. The van der Waals surface area contributed by atoms with E-state index >= 15 is 0 Å². The fourth-order valence-corrected chi connectivity index (χ4v) is 3.25. The molecule has 0 aromatic heterocycles. The molecular formula is C19H15Cl2N3O. The van der Waals surface area contributed by atoms with Crippen LogP contribution in [0.4, 0.5) is 11.4 Å². The van der Waals surface area contributed by atoms with Crippen molar-refractivity contribution in [1.29, 1.82) is 5.26 Å². The topological polar surface area (TPSA) is 56.1 Å². The van der Waals surface area contributed by atoms with Gasteiger partial charge in [0.25, 0.3) is 5.91 Å². The van der Waals surface area contributed by atoms with E-state index in [1.54, 1.807) is 23.1 Å². The van der Waals surface area contributed by atoms with Crippen molar-refractivity contribution in [2.24, 2.45) is 0 Å². The number of nitrogens with zero attached hydrogens (tertiary/aromatic N) is 2. The molecule has 0 aliphatic carbocycles. The molecular weight excluding hydrogens is 357 g/mol. The summed E-state index contributed by atoms with van der Waals surface area (Å²) in [6.45, 7) is 0.594. The van der Waals surface area contributed by atoms with Crippen molar-refractivity contribution >= 4 is 40.5 Å². The van der Waals surface area contributed by atoms with Gasteiger partial charge >= 0.3 is 0 Å². The zero-order valence-electron chi connectivity index (χ0n) is 13.3. The number of para-hydroxylation sites is 1. The van der Waals surface area contributed by atoms with Crippen LogP contribution in [-0.2, 0) is 11.2 Å². The van der Waals surface area contributed by atoms with Gasteiger partial charge in [0.15, 0.2) is 0 Å². The van der Waals surface area contributed by atoms with E-state index in [1.807, 2.05) is 30.3 Å². The van der Waals surface area contributed by atoms with Crippen LogP contribution in [0.1, 0.15) is 12.0 Å². The minimum Gasteiger partial charge on any atom is -0.359 e. The third-order valence-corrected chi connectivity index (χ3v) is 4.56. The Hall–Kier alpha value is -2.48. The number of amides is 1. The van der Waals surface area contributed by atoms with E-state index in [2.05, 4.69) is 5.32 Å². The number of carbonyl (C=O) groups is 1. The van der Waals surface area contributed by atoms with Crippen LogP contribution in [0.5, 0.6) is 0 Å². The molecule has 0 bridgehead atoms. The van der Waals surface area contributed by atoms with Crippen molar-refractivity contribution in [3.05, 3.63) is 69.8 Å². The lowest BCUT2D eigenvalue weighted by Crippen LogP contribution is -2.36. The third kappa shape index (κ3) is 3.79. The maximum absolute atomic E-state index is 12.8. The number of benzene rings is 2. The van der Waals surface area contributed by atoms with Crippen molar-refractivity contribution < 1.29 is 4.79 Å². The summed E-state index contributed by atoms with van der Waals surface area (Å²) < 4.78 is 0. The van der Waals surface area contributed by atoms with E-state index in [-0.39, 0.29) is 11.5 Å². The number of halogens is 2. The van der Waals surface area contributed by atoms with E-state index in [1.165, 1.54) is 6.20 Å². The Morgan fingerprint density at radius 2 is 2.04 bits per heavy atom. The van der Waals surface area contributed by atoms with E-state index < -0.39 is 0 Å². The van der Waals surface area contributed by atoms with Gasteiger partial charge in [0, 0.05) is 23.5 Å². The van der Waals surface area contributed by atoms with Crippen LogP contribution in [0, 0.1) is 11.3 Å². The van der Waals surface area contributed by atoms with Gasteiger partial charge in [0.05, 0.1) is 10.7 Å².